The number of carbonyl (C=O) groups excluding carboxylic acids is 2. The fourth-order valence-corrected chi connectivity index (χ4v) is 4.76. The molecule has 3 aromatic rings. The summed E-state index contributed by atoms with van der Waals surface area (Å²) < 4.78 is 11.7. The molecule has 0 fully saturated rings. The molecule has 0 N–H and O–H groups in total. The van der Waals surface area contributed by atoms with Gasteiger partial charge in [0.2, 0.25) is 5.90 Å². The molecule has 176 valence electrons. The third-order valence-corrected chi connectivity index (χ3v) is 6.40. The van der Waals surface area contributed by atoms with Crippen molar-refractivity contribution in [3.8, 4) is 5.75 Å². The molecule has 0 atom stereocenters. The lowest BCUT2D eigenvalue weighted by atomic mass is 10.1. The van der Waals surface area contributed by atoms with Crippen LogP contribution in [0.3, 0.4) is 0 Å². The first-order valence-electron chi connectivity index (χ1n) is 9.88. The summed E-state index contributed by atoms with van der Waals surface area (Å²) in [5, 5.41) is 11.2. The summed E-state index contributed by atoms with van der Waals surface area (Å²) in [5.41, 5.74) is 1.63. The minimum atomic E-state index is -0.745. The largest absolute Gasteiger partial charge is 0.420 e. The molecule has 0 amide bonds. The minimum Gasteiger partial charge on any atom is -0.420 e. The predicted molar refractivity (Wildman–Crippen MR) is 137 cm³/mol. The number of non-ortho nitro benzene ring substituents is 1. The fourth-order valence-electron chi connectivity index (χ4n) is 3.18. The number of rotatable bonds is 5. The van der Waals surface area contributed by atoms with Crippen molar-refractivity contribution in [2.24, 2.45) is 4.99 Å². The van der Waals surface area contributed by atoms with E-state index in [2.05, 4.69) is 36.9 Å². The van der Waals surface area contributed by atoms with E-state index in [-0.39, 0.29) is 33.6 Å². The molecular formula is C24H13Br2ClN2O6. The first kappa shape index (κ1) is 24.8. The Balaban J connectivity index is 1.63. The Bertz CT molecular complexity index is 1450. The van der Waals surface area contributed by atoms with Gasteiger partial charge in [-0.15, -0.1) is 0 Å². The van der Waals surface area contributed by atoms with Crippen LogP contribution in [0.25, 0.3) is 6.08 Å². The molecule has 4 rings (SSSR count). The summed E-state index contributed by atoms with van der Waals surface area (Å²) in [7, 11) is 0. The molecule has 35 heavy (non-hydrogen) atoms. The molecule has 0 unspecified atom stereocenters. The summed E-state index contributed by atoms with van der Waals surface area (Å²) in [6, 6.07) is 14.1. The fraction of sp³-hybridized carbons (Fsp3) is 0.0417. The predicted octanol–water partition coefficient (Wildman–Crippen LogP) is 6.65. The van der Waals surface area contributed by atoms with E-state index in [4.69, 9.17) is 21.1 Å². The molecule has 0 saturated carbocycles. The highest BCUT2D eigenvalue weighted by atomic mass is 79.9. The van der Waals surface area contributed by atoms with Crippen LogP contribution in [0, 0.1) is 17.0 Å². The van der Waals surface area contributed by atoms with Crippen LogP contribution < -0.4 is 4.74 Å². The van der Waals surface area contributed by atoms with Gasteiger partial charge in [0, 0.05) is 12.1 Å². The van der Waals surface area contributed by atoms with Gasteiger partial charge in [0.05, 0.1) is 30.0 Å². The Morgan fingerprint density at radius 2 is 1.83 bits per heavy atom. The number of benzene rings is 3. The van der Waals surface area contributed by atoms with Gasteiger partial charge in [-0.25, -0.2) is 14.6 Å². The van der Waals surface area contributed by atoms with E-state index < -0.39 is 16.9 Å². The highest BCUT2D eigenvalue weighted by Gasteiger charge is 2.27. The number of aliphatic imine (C=N–C) groups is 1. The van der Waals surface area contributed by atoms with Gasteiger partial charge in [0.1, 0.15) is 0 Å². The van der Waals surface area contributed by atoms with Crippen molar-refractivity contribution in [2.45, 2.75) is 6.92 Å². The lowest BCUT2D eigenvalue weighted by molar-refractivity contribution is -0.384. The zero-order chi connectivity index (χ0) is 25.3. The molecule has 0 saturated heterocycles. The van der Waals surface area contributed by atoms with Crippen LogP contribution in [0.2, 0.25) is 5.02 Å². The van der Waals surface area contributed by atoms with Crippen LogP contribution >= 0.6 is 43.5 Å². The molecule has 8 nitrogen and oxygen atoms in total. The topological polar surface area (TPSA) is 108 Å². The zero-order valence-electron chi connectivity index (χ0n) is 17.8. The highest BCUT2D eigenvalue weighted by Crippen LogP contribution is 2.36. The number of aryl methyl sites for hydroxylation is 1. The molecule has 0 spiro atoms. The molecule has 1 heterocycles. The van der Waals surface area contributed by atoms with Crippen LogP contribution in [0.4, 0.5) is 5.69 Å². The molecule has 1 aliphatic rings. The van der Waals surface area contributed by atoms with Crippen LogP contribution in [0.5, 0.6) is 5.75 Å². The van der Waals surface area contributed by atoms with Crippen LogP contribution in [0.15, 0.2) is 74.2 Å². The van der Waals surface area contributed by atoms with Gasteiger partial charge in [-0.3, -0.25) is 10.1 Å². The zero-order valence-corrected chi connectivity index (χ0v) is 21.7. The summed E-state index contributed by atoms with van der Waals surface area (Å²) in [5.74, 6) is -1.14. The molecule has 0 radical (unpaired) electrons. The monoisotopic (exact) mass is 618 g/mol. The number of halogens is 3. The SMILES string of the molecule is Cc1ccccc1C(=O)Oc1c(Br)cc(/C=C2\N=C(c3cc([N+](=O)[O-])ccc3Cl)OC2=O)cc1Br. The Kier molecular flexibility index (Phi) is 7.15. The molecule has 0 bridgehead atoms. The lowest BCUT2D eigenvalue weighted by Gasteiger charge is -2.11. The average molecular weight is 621 g/mol. The Morgan fingerprint density at radius 3 is 2.49 bits per heavy atom. The summed E-state index contributed by atoms with van der Waals surface area (Å²) >= 11 is 12.9. The van der Waals surface area contributed by atoms with Crippen molar-refractivity contribution in [1.82, 2.24) is 0 Å². The number of ether oxygens (including phenoxy) is 2. The second-order valence-corrected chi connectivity index (χ2v) is 9.39. The lowest BCUT2D eigenvalue weighted by Crippen LogP contribution is -2.11. The molecule has 0 aromatic heterocycles. The smallest absolute Gasteiger partial charge is 0.363 e. The first-order valence-corrected chi connectivity index (χ1v) is 11.8. The van der Waals surface area contributed by atoms with E-state index in [1.54, 1.807) is 24.3 Å². The second kappa shape index (κ2) is 10.1. The van der Waals surface area contributed by atoms with Crippen LogP contribution in [-0.4, -0.2) is 22.8 Å². The Morgan fingerprint density at radius 1 is 1.14 bits per heavy atom. The van der Waals surface area contributed by atoms with Gasteiger partial charge in [-0.05, 0) is 80.3 Å². The number of hydrogen-bond donors (Lipinski definition) is 0. The first-order chi connectivity index (χ1) is 16.6. The van der Waals surface area contributed by atoms with E-state index in [1.807, 2.05) is 19.1 Å². The number of esters is 2. The van der Waals surface area contributed by atoms with Crippen molar-refractivity contribution in [2.75, 3.05) is 0 Å². The number of hydrogen-bond acceptors (Lipinski definition) is 7. The van der Waals surface area contributed by atoms with Gasteiger partial charge in [-0.2, -0.15) is 0 Å². The molecule has 0 aliphatic carbocycles. The normalized spacial score (nSPS) is 14.0. The molecule has 11 heteroatoms. The second-order valence-electron chi connectivity index (χ2n) is 7.28. The number of nitrogens with zero attached hydrogens (tertiary/aromatic N) is 2. The summed E-state index contributed by atoms with van der Waals surface area (Å²) in [6.45, 7) is 1.81. The maximum Gasteiger partial charge on any atom is 0.363 e. The van der Waals surface area contributed by atoms with E-state index >= 15 is 0 Å². The van der Waals surface area contributed by atoms with Crippen molar-refractivity contribution >= 4 is 73.1 Å². The van der Waals surface area contributed by atoms with Crippen LogP contribution in [0.1, 0.15) is 27.0 Å². The van der Waals surface area contributed by atoms with Gasteiger partial charge < -0.3 is 9.47 Å². The summed E-state index contributed by atoms with van der Waals surface area (Å²) in [6.07, 6.45) is 1.46. The maximum absolute atomic E-state index is 12.6. The molecular weight excluding hydrogens is 608 g/mol. The maximum atomic E-state index is 12.6. The number of carbonyl (C=O) groups is 2. The van der Waals surface area contributed by atoms with Crippen molar-refractivity contribution < 1.29 is 24.0 Å². The van der Waals surface area contributed by atoms with Gasteiger partial charge >= 0.3 is 11.9 Å². The van der Waals surface area contributed by atoms with E-state index in [9.17, 15) is 19.7 Å². The highest BCUT2D eigenvalue weighted by molar-refractivity contribution is 9.11. The Labute approximate surface area is 220 Å². The van der Waals surface area contributed by atoms with Gasteiger partial charge in [0.25, 0.3) is 5.69 Å². The van der Waals surface area contributed by atoms with Crippen molar-refractivity contribution in [1.29, 1.82) is 0 Å². The average Bonchev–Trinajstić information content (AvgIpc) is 3.16. The third-order valence-electron chi connectivity index (χ3n) is 4.90. The van der Waals surface area contributed by atoms with Crippen LogP contribution in [-0.2, 0) is 9.53 Å². The minimum absolute atomic E-state index is 0.0361. The molecule has 3 aromatic carbocycles. The molecule has 1 aliphatic heterocycles. The van der Waals surface area contributed by atoms with Gasteiger partial charge in [-0.1, -0.05) is 29.8 Å². The van der Waals surface area contributed by atoms with E-state index in [1.165, 1.54) is 24.3 Å². The standard InChI is InChI=1S/C24H13Br2ClN2O6/c1-12-4-2-3-5-15(12)23(30)34-21-17(25)8-13(9-18(21)26)10-20-24(31)35-22(28-20)16-11-14(29(32)33)6-7-19(16)27/h2-11H,1H3/b20-10-. The van der Waals surface area contributed by atoms with Gasteiger partial charge in [0.15, 0.2) is 11.4 Å². The Hall–Kier alpha value is -3.34. The quantitative estimate of drug-likeness (QED) is 0.104. The van der Waals surface area contributed by atoms with Crippen molar-refractivity contribution in [3.63, 3.8) is 0 Å². The third kappa shape index (κ3) is 5.34. The summed E-state index contributed by atoms with van der Waals surface area (Å²) in [4.78, 5) is 39.6. The number of cyclic esters (lactones) is 1. The van der Waals surface area contributed by atoms with Crippen molar-refractivity contribution in [3.05, 3.63) is 107 Å². The van der Waals surface area contributed by atoms with E-state index in [0.717, 1.165) is 5.56 Å². The number of nitro groups is 1. The number of nitro benzene ring substituents is 1. The van der Waals surface area contributed by atoms with E-state index in [0.29, 0.717) is 20.1 Å².